The van der Waals surface area contributed by atoms with Crippen LogP contribution < -0.4 is 4.90 Å². The van der Waals surface area contributed by atoms with E-state index in [1.54, 1.807) is 11.0 Å². The number of fused-ring (bicyclic) bond motifs is 1. The minimum atomic E-state index is -0.633. The molecule has 1 amide bonds. The third-order valence-electron chi connectivity index (χ3n) is 4.11. The molecule has 0 atom stereocenters. The molecule has 0 bridgehead atoms. The molecule has 1 aliphatic rings. The van der Waals surface area contributed by atoms with E-state index in [2.05, 4.69) is 10.2 Å². The Balaban J connectivity index is 1.97. The van der Waals surface area contributed by atoms with Crippen molar-refractivity contribution in [1.82, 2.24) is 10.2 Å². The number of carbonyl (C=O) groups excluding carboxylic acids is 1. The average molecular weight is 352 g/mol. The van der Waals surface area contributed by atoms with Gasteiger partial charge in [0.25, 0.3) is 0 Å². The molecule has 1 aliphatic heterocycles. The van der Waals surface area contributed by atoms with Crippen LogP contribution in [0.5, 0.6) is 0 Å². The highest BCUT2D eigenvalue weighted by atomic mass is 35.5. The predicted molar refractivity (Wildman–Crippen MR) is 87.3 cm³/mol. The summed E-state index contributed by atoms with van der Waals surface area (Å²) in [5.41, 5.74) is 1.86. The zero-order valence-corrected chi connectivity index (χ0v) is 14.1. The number of anilines is 1. The Hall–Kier alpha value is -2.08. The van der Waals surface area contributed by atoms with Crippen LogP contribution >= 0.6 is 11.6 Å². The molecule has 3 rings (SSSR count). The van der Waals surface area contributed by atoms with Crippen molar-refractivity contribution < 1.29 is 13.6 Å². The number of hydrogen-bond acceptors (Lipinski definition) is 3. The summed E-state index contributed by atoms with van der Waals surface area (Å²) in [4.78, 5) is 13.7. The fourth-order valence-electron chi connectivity index (χ4n) is 2.90. The van der Waals surface area contributed by atoms with Gasteiger partial charge in [0.1, 0.15) is 17.5 Å². The lowest BCUT2D eigenvalue weighted by Crippen LogP contribution is -2.34. The van der Waals surface area contributed by atoms with Crippen molar-refractivity contribution >= 4 is 23.2 Å². The van der Waals surface area contributed by atoms with Crippen LogP contribution in [0.3, 0.4) is 0 Å². The van der Waals surface area contributed by atoms with Crippen LogP contribution in [-0.2, 0) is 16.6 Å². The number of rotatable bonds is 3. The maximum absolute atomic E-state index is 13.8. The molecule has 0 fully saturated rings. The number of carbonyl (C=O) groups is 1. The highest BCUT2D eigenvalue weighted by molar-refractivity contribution is 6.29. The third kappa shape index (κ3) is 2.98. The van der Waals surface area contributed by atoms with Crippen LogP contribution in [0, 0.1) is 11.6 Å². The molecule has 126 valence electrons. The van der Waals surface area contributed by atoms with Gasteiger partial charge in [0.05, 0.1) is 17.1 Å². The van der Waals surface area contributed by atoms with Crippen molar-refractivity contribution in [1.29, 1.82) is 0 Å². The summed E-state index contributed by atoms with van der Waals surface area (Å²) >= 11 is 5.68. The van der Waals surface area contributed by atoms with Gasteiger partial charge >= 0.3 is 0 Å². The van der Waals surface area contributed by atoms with Gasteiger partial charge in [0.15, 0.2) is 0 Å². The van der Waals surface area contributed by atoms with E-state index in [0.717, 1.165) is 6.07 Å². The molecule has 7 heteroatoms. The maximum atomic E-state index is 13.8. The van der Waals surface area contributed by atoms with Crippen LogP contribution in [0.1, 0.15) is 30.8 Å². The largest absolute Gasteiger partial charge is 0.309 e. The summed E-state index contributed by atoms with van der Waals surface area (Å²) in [5.74, 6) is -1.60. The maximum Gasteiger partial charge on any atom is 0.241 e. The zero-order chi connectivity index (χ0) is 17.5. The second-order valence-electron chi connectivity index (χ2n) is 6.48. The number of nitrogens with zero attached hydrogens (tertiary/aromatic N) is 3. The first-order chi connectivity index (χ1) is 11.3. The smallest absolute Gasteiger partial charge is 0.241 e. The van der Waals surface area contributed by atoms with Crippen molar-refractivity contribution in [3.05, 3.63) is 52.9 Å². The predicted octanol–water partition coefficient (Wildman–Crippen LogP) is 3.21. The van der Waals surface area contributed by atoms with E-state index in [1.165, 1.54) is 12.1 Å². The van der Waals surface area contributed by atoms with Crippen LogP contribution in [0.4, 0.5) is 14.5 Å². The second-order valence-corrected chi connectivity index (χ2v) is 6.75. The number of aromatic nitrogens is 2. The van der Waals surface area contributed by atoms with Gasteiger partial charge < -0.3 is 4.90 Å². The lowest BCUT2D eigenvalue weighted by atomic mass is 9.91. The number of amides is 1. The quantitative estimate of drug-likeness (QED) is 0.798. The summed E-state index contributed by atoms with van der Waals surface area (Å²) in [6, 6.07) is 5.14. The number of hydrogen-bond donors (Lipinski definition) is 0. The summed E-state index contributed by atoms with van der Waals surface area (Å²) < 4.78 is 26.8. The van der Waals surface area contributed by atoms with Gasteiger partial charge in [0, 0.05) is 24.4 Å². The molecular weight excluding hydrogens is 336 g/mol. The second kappa shape index (κ2) is 6.09. The first kappa shape index (κ1) is 16.8. The Bertz CT molecular complexity index is 810. The molecule has 0 aliphatic carbocycles. The van der Waals surface area contributed by atoms with E-state index in [0.29, 0.717) is 29.2 Å². The zero-order valence-electron chi connectivity index (χ0n) is 13.3. The van der Waals surface area contributed by atoms with Crippen LogP contribution in [0.15, 0.2) is 24.3 Å². The summed E-state index contributed by atoms with van der Waals surface area (Å²) in [5, 5.41) is 8.38. The standard InChI is InChI=1S/C17H16ClF2N3O/c1-17(2)9-23(15(24)8-18)14-7-12(21-22-16(14)17)5-10-3-4-11(19)6-13(10)20/h3-4,6-7H,5,8-9H2,1-2H3. The summed E-state index contributed by atoms with van der Waals surface area (Å²) in [6.45, 7) is 4.42. The molecule has 0 radical (unpaired) electrons. The topological polar surface area (TPSA) is 46.1 Å². The third-order valence-corrected chi connectivity index (χ3v) is 4.34. The van der Waals surface area contributed by atoms with Crippen LogP contribution in [0.2, 0.25) is 0 Å². The molecule has 1 aromatic heterocycles. The molecule has 0 saturated carbocycles. The Morgan fingerprint density at radius 1 is 1.29 bits per heavy atom. The van der Waals surface area contributed by atoms with Gasteiger partial charge in [-0.25, -0.2) is 8.78 Å². The average Bonchev–Trinajstić information content (AvgIpc) is 2.80. The van der Waals surface area contributed by atoms with Crippen molar-refractivity contribution in [2.24, 2.45) is 0 Å². The molecule has 4 nitrogen and oxygen atoms in total. The number of benzene rings is 1. The Morgan fingerprint density at radius 3 is 2.71 bits per heavy atom. The fourth-order valence-corrected chi connectivity index (χ4v) is 3.05. The number of alkyl halides is 1. The van der Waals surface area contributed by atoms with E-state index < -0.39 is 11.6 Å². The van der Waals surface area contributed by atoms with Crippen LogP contribution in [0.25, 0.3) is 0 Å². The van der Waals surface area contributed by atoms with E-state index in [1.807, 2.05) is 13.8 Å². The van der Waals surface area contributed by atoms with Crippen molar-refractivity contribution in [2.45, 2.75) is 25.7 Å². The molecular formula is C17H16ClF2N3O. The lowest BCUT2D eigenvalue weighted by molar-refractivity contribution is -0.116. The minimum Gasteiger partial charge on any atom is -0.309 e. The molecule has 24 heavy (non-hydrogen) atoms. The fraction of sp³-hybridized carbons (Fsp3) is 0.353. The Kier molecular flexibility index (Phi) is 4.25. The van der Waals surface area contributed by atoms with Gasteiger partial charge in [-0.2, -0.15) is 10.2 Å². The lowest BCUT2D eigenvalue weighted by Gasteiger charge is -2.19. The summed E-state index contributed by atoms with van der Waals surface area (Å²) in [6.07, 6.45) is 0.162. The van der Waals surface area contributed by atoms with E-state index in [-0.39, 0.29) is 23.6 Å². The first-order valence-corrected chi connectivity index (χ1v) is 8.02. The van der Waals surface area contributed by atoms with Gasteiger partial charge in [-0.05, 0) is 17.7 Å². The summed E-state index contributed by atoms with van der Waals surface area (Å²) in [7, 11) is 0. The highest BCUT2D eigenvalue weighted by Crippen LogP contribution is 2.39. The SMILES string of the molecule is CC1(C)CN(C(=O)CCl)c2cc(Cc3ccc(F)cc3F)nnc21. The van der Waals surface area contributed by atoms with Crippen molar-refractivity contribution in [2.75, 3.05) is 17.3 Å². The highest BCUT2D eigenvalue weighted by Gasteiger charge is 2.39. The van der Waals surface area contributed by atoms with E-state index >= 15 is 0 Å². The van der Waals surface area contributed by atoms with Gasteiger partial charge in [0.2, 0.25) is 5.91 Å². The van der Waals surface area contributed by atoms with Gasteiger partial charge in [-0.1, -0.05) is 19.9 Å². The molecule has 0 N–H and O–H groups in total. The van der Waals surface area contributed by atoms with Gasteiger partial charge in [-0.15, -0.1) is 11.6 Å². The molecule has 2 heterocycles. The molecule has 2 aromatic rings. The van der Waals surface area contributed by atoms with Gasteiger partial charge in [-0.3, -0.25) is 4.79 Å². The first-order valence-electron chi connectivity index (χ1n) is 7.49. The molecule has 0 spiro atoms. The van der Waals surface area contributed by atoms with E-state index in [4.69, 9.17) is 11.6 Å². The van der Waals surface area contributed by atoms with E-state index in [9.17, 15) is 13.6 Å². The Morgan fingerprint density at radius 2 is 2.04 bits per heavy atom. The van der Waals surface area contributed by atoms with Crippen LogP contribution in [-0.4, -0.2) is 28.5 Å². The normalized spacial score (nSPS) is 15.5. The minimum absolute atomic E-state index is 0.125. The van der Waals surface area contributed by atoms with Crippen molar-refractivity contribution in [3.8, 4) is 0 Å². The van der Waals surface area contributed by atoms with Crippen molar-refractivity contribution in [3.63, 3.8) is 0 Å². The number of halogens is 3. The molecule has 0 unspecified atom stereocenters. The molecule has 1 aromatic carbocycles. The Labute approximate surface area is 143 Å². The monoisotopic (exact) mass is 351 g/mol. The molecule has 0 saturated heterocycles.